The molecule has 0 unspecified atom stereocenters. The van der Waals surface area contributed by atoms with E-state index in [0.717, 1.165) is 52.7 Å². The van der Waals surface area contributed by atoms with Crippen molar-refractivity contribution in [1.82, 2.24) is 4.90 Å². The molecule has 0 saturated heterocycles. The largest absolute Gasteiger partial charge is 0.339 e. The highest BCUT2D eigenvalue weighted by atomic mass is 35.5. The molecule has 1 aliphatic heterocycles. The lowest BCUT2D eigenvalue weighted by atomic mass is 10.00. The fourth-order valence-corrected chi connectivity index (χ4v) is 3.84. The Morgan fingerprint density at radius 2 is 1.64 bits per heavy atom. The topological polar surface area (TPSA) is 18.8 Å². The van der Waals surface area contributed by atoms with Crippen LogP contribution in [0.5, 0.6) is 0 Å². The van der Waals surface area contributed by atoms with Crippen molar-refractivity contribution in [2.45, 2.75) is 6.42 Å². The number of anilines is 2. The monoisotopic (exact) mass is 389 g/mol. The summed E-state index contributed by atoms with van der Waals surface area (Å²) >= 11 is 6.29. The number of fused-ring (bicyclic) bond motifs is 2. The maximum Gasteiger partial charge on any atom is 0.0874 e. The van der Waals surface area contributed by atoms with E-state index in [2.05, 4.69) is 72.4 Å². The molecule has 0 aromatic heterocycles. The highest BCUT2D eigenvalue weighted by molar-refractivity contribution is 6.31. The maximum absolute atomic E-state index is 6.29. The van der Waals surface area contributed by atoms with E-state index in [4.69, 9.17) is 16.6 Å². The lowest BCUT2D eigenvalue weighted by Gasteiger charge is -2.27. The average molecular weight is 390 g/mol. The molecular formula is C24H24ClN3. The number of halogens is 1. The maximum atomic E-state index is 6.29. The zero-order valence-electron chi connectivity index (χ0n) is 16.3. The Morgan fingerprint density at radius 3 is 2.43 bits per heavy atom. The van der Waals surface area contributed by atoms with Gasteiger partial charge in [-0.15, -0.1) is 0 Å². The van der Waals surface area contributed by atoms with Crippen LogP contribution in [0.2, 0.25) is 5.02 Å². The fourth-order valence-electron chi connectivity index (χ4n) is 3.65. The molecule has 0 spiro atoms. The summed E-state index contributed by atoms with van der Waals surface area (Å²) in [6, 6.07) is 24.8. The van der Waals surface area contributed by atoms with Crippen molar-refractivity contribution in [3.05, 3.63) is 88.9 Å². The summed E-state index contributed by atoms with van der Waals surface area (Å²) in [4.78, 5) is 9.71. The van der Waals surface area contributed by atoms with Gasteiger partial charge in [0, 0.05) is 22.7 Å². The summed E-state index contributed by atoms with van der Waals surface area (Å²) in [6.45, 7) is 1.98. The van der Waals surface area contributed by atoms with Gasteiger partial charge in [-0.3, -0.25) is 0 Å². The molecule has 1 heterocycles. The first-order valence-electron chi connectivity index (χ1n) is 9.59. The summed E-state index contributed by atoms with van der Waals surface area (Å²) in [5, 5.41) is 0.720. The molecule has 3 aromatic rings. The minimum atomic E-state index is 0.720. The molecule has 0 radical (unpaired) electrons. The minimum absolute atomic E-state index is 0.720. The van der Waals surface area contributed by atoms with Gasteiger partial charge >= 0.3 is 0 Å². The molecule has 0 N–H and O–H groups in total. The molecule has 28 heavy (non-hydrogen) atoms. The average Bonchev–Trinajstić information content (AvgIpc) is 2.83. The van der Waals surface area contributed by atoms with E-state index in [1.165, 1.54) is 5.69 Å². The SMILES string of the molecule is CN(C)CCCN1c2ccccc2N=C(c2cccc(Cl)c2)c2ccccc21. The third-order valence-electron chi connectivity index (χ3n) is 4.94. The number of aliphatic imine (C=N–C) groups is 1. The van der Waals surface area contributed by atoms with Gasteiger partial charge in [0.15, 0.2) is 0 Å². The Bertz CT molecular complexity index is 1010. The third kappa shape index (κ3) is 3.82. The van der Waals surface area contributed by atoms with Crippen LogP contribution in [0.25, 0.3) is 0 Å². The Kier molecular flexibility index (Phi) is 5.47. The van der Waals surface area contributed by atoms with Crippen LogP contribution in [-0.4, -0.2) is 37.8 Å². The van der Waals surface area contributed by atoms with Crippen molar-refractivity contribution in [2.24, 2.45) is 4.99 Å². The molecule has 4 heteroatoms. The molecule has 0 aliphatic carbocycles. The van der Waals surface area contributed by atoms with E-state index in [0.29, 0.717) is 0 Å². The lowest BCUT2D eigenvalue weighted by Crippen LogP contribution is -2.24. The van der Waals surface area contributed by atoms with Crippen molar-refractivity contribution in [1.29, 1.82) is 0 Å². The number of hydrogen-bond acceptors (Lipinski definition) is 3. The van der Waals surface area contributed by atoms with Crippen molar-refractivity contribution >= 4 is 34.4 Å². The molecule has 3 nitrogen and oxygen atoms in total. The van der Waals surface area contributed by atoms with Gasteiger partial charge in [-0.25, -0.2) is 4.99 Å². The van der Waals surface area contributed by atoms with Crippen LogP contribution < -0.4 is 4.90 Å². The van der Waals surface area contributed by atoms with Gasteiger partial charge in [0.1, 0.15) is 0 Å². The van der Waals surface area contributed by atoms with Crippen LogP contribution in [0.4, 0.5) is 17.1 Å². The summed E-state index contributed by atoms with van der Waals surface area (Å²) in [5.41, 5.74) is 6.44. The Hall–Kier alpha value is -2.62. The second-order valence-corrected chi connectivity index (χ2v) is 7.72. The number of nitrogens with zero attached hydrogens (tertiary/aromatic N) is 3. The van der Waals surface area contributed by atoms with E-state index >= 15 is 0 Å². The Morgan fingerprint density at radius 1 is 0.893 bits per heavy atom. The second-order valence-electron chi connectivity index (χ2n) is 7.29. The Labute approximate surface area is 171 Å². The smallest absolute Gasteiger partial charge is 0.0874 e. The summed E-state index contributed by atoms with van der Waals surface area (Å²) in [5.74, 6) is 0. The number of hydrogen-bond donors (Lipinski definition) is 0. The predicted octanol–water partition coefficient (Wildman–Crippen LogP) is 5.91. The third-order valence-corrected chi connectivity index (χ3v) is 5.17. The zero-order chi connectivity index (χ0) is 19.5. The van der Waals surface area contributed by atoms with Crippen LogP contribution >= 0.6 is 11.6 Å². The molecule has 0 atom stereocenters. The van der Waals surface area contributed by atoms with Gasteiger partial charge in [-0.1, -0.05) is 54.1 Å². The van der Waals surface area contributed by atoms with Gasteiger partial charge in [0.05, 0.1) is 22.8 Å². The highest BCUT2D eigenvalue weighted by Crippen LogP contribution is 2.40. The minimum Gasteiger partial charge on any atom is -0.339 e. The molecule has 4 rings (SSSR count). The van der Waals surface area contributed by atoms with E-state index in [9.17, 15) is 0 Å². The van der Waals surface area contributed by atoms with Gasteiger partial charge in [0.25, 0.3) is 0 Å². The molecule has 0 fully saturated rings. The second kappa shape index (κ2) is 8.17. The van der Waals surface area contributed by atoms with Crippen LogP contribution in [0.3, 0.4) is 0 Å². The fraction of sp³-hybridized carbons (Fsp3) is 0.208. The van der Waals surface area contributed by atoms with E-state index in [1.54, 1.807) is 0 Å². The van der Waals surface area contributed by atoms with Crippen molar-refractivity contribution in [2.75, 3.05) is 32.1 Å². The molecule has 3 aromatic carbocycles. The molecule has 0 saturated carbocycles. The summed E-state index contributed by atoms with van der Waals surface area (Å²) < 4.78 is 0. The van der Waals surface area contributed by atoms with E-state index in [-0.39, 0.29) is 0 Å². The quantitative estimate of drug-likeness (QED) is 0.540. The van der Waals surface area contributed by atoms with Crippen LogP contribution in [-0.2, 0) is 0 Å². The van der Waals surface area contributed by atoms with Crippen molar-refractivity contribution in [3.63, 3.8) is 0 Å². The van der Waals surface area contributed by atoms with Gasteiger partial charge in [-0.2, -0.15) is 0 Å². The van der Waals surface area contributed by atoms with Gasteiger partial charge < -0.3 is 9.80 Å². The number of para-hydroxylation sites is 3. The van der Waals surface area contributed by atoms with Crippen molar-refractivity contribution < 1.29 is 0 Å². The van der Waals surface area contributed by atoms with Crippen LogP contribution in [0.15, 0.2) is 77.8 Å². The molecule has 142 valence electrons. The zero-order valence-corrected chi connectivity index (χ0v) is 17.0. The van der Waals surface area contributed by atoms with Gasteiger partial charge in [-0.05, 0) is 57.4 Å². The first kappa shape index (κ1) is 18.7. The predicted molar refractivity (Wildman–Crippen MR) is 120 cm³/mol. The first-order chi connectivity index (χ1) is 13.6. The van der Waals surface area contributed by atoms with Gasteiger partial charge in [0.2, 0.25) is 0 Å². The lowest BCUT2D eigenvalue weighted by molar-refractivity contribution is 0.402. The highest BCUT2D eigenvalue weighted by Gasteiger charge is 2.23. The standard InChI is InChI=1S/C24H24ClN3/c1-27(2)15-8-16-28-22-13-5-3-11-20(22)24(18-9-7-10-19(25)17-18)26-21-12-4-6-14-23(21)28/h3-7,9-14,17H,8,15-16H2,1-2H3. The molecule has 0 amide bonds. The van der Waals surface area contributed by atoms with Crippen LogP contribution in [0.1, 0.15) is 17.5 Å². The van der Waals surface area contributed by atoms with E-state index in [1.807, 2.05) is 24.3 Å². The normalized spacial score (nSPS) is 13.0. The number of benzene rings is 3. The van der Waals surface area contributed by atoms with Crippen molar-refractivity contribution in [3.8, 4) is 0 Å². The molecule has 1 aliphatic rings. The van der Waals surface area contributed by atoms with Crippen LogP contribution in [0, 0.1) is 0 Å². The Balaban J connectivity index is 1.87. The van der Waals surface area contributed by atoms with E-state index < -0.39 is 0 Å². The first-order valence-corrected chi connectivity index (χ1v) is 9.96. The summed E-state index contributed by atoms with van der Waals surface area (Å²) in [7, 11) is 4.23. The summed E-state index contributed by atoms with van der Waals surface area (Å²) in [6.07, 6.45) is 1.07. The number of rotatable bonds is 5. The molecule has 0 bridgehead atoms. The molecular weight excluding hydrogens is 366 g/mol.